The number of benzene rings is 1. The first-order chi connectivity index (χ1) is 12.7. The largest absolute Gasteiger partial charge is 0.469 e. The minimum atomic E-state index is -3.47. The summed E-state index contributed by atoms with van der Waals surface area (Å²) in [5.41, 5.74) is 5.25. The maximum atomic E-state index is 13.0. The number of carbonyl (C=O) groups excluding carboxylic acids is 1. The maximum Gasteiger partial charge on any atom is 0.354 e. The molecule has 2 aromatic rings. The summed E-state index contributed by atoms with van der Waals surface area (Å²) in [5, 5.41) is 12.9. The molecule has 0 spiro atoms. The van der Waals surface area contributed by atoms with Crippen molar-refractivity contribution in [2.45, 2.75) is 56.6 Å². The van der Waals surface area contributed by atoms with Crippen LogP contribution in [0.25, 0.3) is 0 Å². The van der Waals surface area contributed by atoms with E-state index >= 15 is 0 Å². The van der Waals surface area contributed by atoms with E-state index in [0.29, 0.717) is 12.4 Å². The Morgan fingerprint density at radius 2 is 1.96 bits per heavy atom. The van der Waals surface area contributed by atoms with E-state index in [1.165, 1.54) is 17.3 Å². The van der Waals surface area contributed by atoms with Gasteiger partial charge in [0.25, 0.3) is 0 Å². The van der Waals surface area contributed by atoms with E-state index in [9.17, 15) is 9.00 Å². The van der Waals surface area contributed by atoms with Gasteiger partial charge >= 0.3 is 6.03 Å². The van der Waals surface area contributed by atoms with E-state index < -0.39 is 21.5 Å². The summed E-state index contributed by atoms with van der Waals surface area (Å²) in [5.74, 6) is 0.317. The van der Waals surface area contributed by atoms with Gasteiger partial charge < -0.3 is 10.1 Å². The van der Waals surface area contributed by atoms with Crippen LogP contribution >= 0.6 is 0 Å². The molecule has 5 rings (SSSR count). The molecule has 1 unspecified atom stereocenters. The topological polar surface area (TPSA) is 112 Å². The lowest BCUT2D eigenvalue weighted by Crippen LogP contribution is -2.27. The van der Waals surface area contributed by atoms with Gasteiger partial charge in [-0.2, -0.15) is 5.10 Å². The molecular formula is C18H21N5O3S. The van der Waals surface area contributed by atoms with Crippen LogP contribution < -0.4 is 15.2 Å². The Morgan fingerprint density at radius 3 is 2.56 bits per heavy atom. The first-order valence-corrected chi connectivity index (χ1v) is 10.6. The molecule has 0 radical (unpaired) electrons. The van der Waals surface area contributed by atoms with E-state index in [0.717, 1.165) is 42.5 Å². The van der Waals surface area contributed by atoms with E-state index in [1.807, 2.05) is 13.8 Å². The number of amides is 2. The van der Waals surface area contributed by atoms with Gasteiger partial charge in [0, 0.05) is 5.69 Å². The van der Waals surface area contributed by atoms with Crippen molar-refractivity contribution in [3.05, 3.63) is 34.5 Å². The Labute approximate surface area is 157 Å². The van der Waals surface area contributed by atoms with Gasteiger partial charge in [-0.1, -0.05) is 6.07 Å². The van der Waals surface area contributed by atoms with Gasteiger partial charge in [0.05, 0.1) is 12.7 Å². The van der Waals surface area contributed by atoms with Crippen molar-refractivity contribution in [2.24, 2.45) is 9.50 Å². The molecule has 1 aromatic heterocycles. The highest BCUT2D eigenvalue weighted by molar-refractivity contribution is 7.91. The molecule has 9 heteroatoms. The molecule has 0 fully saturated rings. The monoisotopic (exact) mass is 387 g/mol. The van der Waals surface area contributed by atoms with Gasteiger partial charge in [-0.05, 0) is 61.8 Å². The zero-order valence-corrected chi connectivity index (χ0v) is 16.1. The molecule has 1 aromatic carbocycles. The molecule has 1 aliphatic heterocycles. The van der Waals surface area contributed by atoms with E-state index in [-0.39, 0.29) is 4.90 Å². The van der Waals surface area contributed by atoms with Gasteiger partial charge in [0.2, 0.25) is 5.88 Å². The van der Waals surface area contributed by atoms with Gasteiger partial charge in [-0.3, -0.25) is 0 Å². The minimum absolute atomic E-state index is 0.150. The van der Waals surface area contributed by atoms with Crippen molar-refractivity contribution in [3.63, 3.8) is 0 Å². The summed E-state index contributed by atoms with van der Waals surface area (Å²) in [6.45, 7) is 4.32. The second kappa shape index (κ2) is 5.32. The van der Waals surface area contributed by atoms with Crippen molar-refractivity contribution in [1.29, 1.82) is 0 Å². The second-order valence-corrected chi connectivity index (χ2v) is 9.71. The third-order valence-corrected chi connectivity index (χ3v) is 6.79. The predicted molar refractivity (Wildman–Crippen MR) is 100 cm³/mol. The number of ether oxygens (including phenoxy) is 1. The van der Waals surface area contributed by atoms with Crippen LogP contribution in [0.5, 0.6) is 5.88 Å². The molecule has 2 heterocycles. The molecule has 0 saturated heterocycles. The van der Waals surface area contributed by atoms with Gasteiger partial charge in [0.15, 0.2) is 9.92 Å². The fourth-order valence-electron chi connectivity index (χ4n) is 3.95. The predicted octanol–water partition coefficient (Wildman–Crippen LogP) is 2.18. The summed E-state index contributed by atoms with van der Waals surface area (Å²) in [6.07, 6.45) is 5.31. The fourth-order valence-corrected chi connectivity index (χ4v) is 4.94. The third kappa shape index (κ3) is 2.56. The van der Waals surface area contributed by atoms with Gasteiger partial charge in [-0.25, -0.2) is 18.8 Å². The lowest BCUT2D eigenvalue weighted by Gasteiger charge is -2.31. The SMILES string of the molecule is CC1(C)Cn2ncc(S(N)(=O)=NC(=O)Nc3c4c(cc5c3CC5)CC4)c2O1. The average molecular weight is 387 g/mol. The lowest BCUT2D eigenvalue weighted by molar-refractivity contribution is 0.132. The number of anilines is 1. The number of fused-ring (bicyclic) bond motifs is 3. The molecule has 2 aliphatic carbocycles. The van der Waals surface area contributed by atoms with Crippen molar-refractivity contribution >= 4 is 21.6 Å². The standard InChI is InChI=1S/C18H21N5O3S/c1-18(2)9-23-16(26-18)14(8-20-23)27(19,25)22-17(24)21-15-12-5-3-10(12)7-11-4-6-13(11)15/h7-8H,3-6,9H2,1-2H3,(H3,19,21,22,24,25). The highest BCUT2D eigenvalue weighted by Crippen LogP contribution is 2.41. The summed E-state index contributed by atoms with van der Waals surface area (Å²) in [4.78, 5) is 12.7. The van der Waals surface area contributed by atoms with Crippen LogP contribution in [0.2, 0.25) is 0 Å². The zero-order chi connectivity index (χ0) is 19.0. The number of hydrogen-bond acceptors (Lipinski definition) is 4. The molecule has 27 heavy (non-hydrogen) atoms. The summed E-state index contributed by atoms with van der Waals surface area (Å²) >= 11 is 0. The molecule has 0 saturated carbocycles. The average Bonchev–Trinajstić information content (AvgIpc) is 2.98. The Morgan fingerprint density at radius 1 is 1.30 bits per heavy atom. The minimum Gasteiger partial charge on any atom is -0.469 e. The molecule has 1 atom stereocenters. The summed E-state index contributed by atoms with van der Waals surface area (Å²) < 4.78 is 24.1. The number of carbonyl (C=O) groups is 1. The van der Waals surface area contributed by atoms with Crippen LogP contribution in [0.1, 0.15) is 36.1 Å². The number of aryl methyl sites for hydroxylation is 2. The molecule has 142 valence electrons. The molecule has 2 amide bonds. The van der Waals surface area contributed by atoms with Crippen molar-refractivity contribution < 1.29 is 13.7 Å². The Bertz CT molecular complexity index is 1090. The van der Waals surface area contributed by atoms with Gasteiger partial charge in [0.1, 0.15) is 10.5 Å². The summed E-state index contributed by atoms with van der Waals surface area (Å²) in [6, 6.07) is 1.53. The van der Waals surface area contributed by atoms with E-state index in [1.54, 1.807) is 4.68 Å². The maximum absolute atomic E-state index is 13.0. The fraction of sp³-hybridized carbons (Fsp3) is 0.444. The van der Waals surface area contributed by atoms with Crippen LogP contribution in [-0.4, -0.2) is 25.6 Å². The Balaban J connectivity index is 1.46. The highest BCUT2D eigenvalue weighted by Gasteiger charge is 2.36. The van der Waals surface area contributed by atoms with Gasteiger partial charge in [-0.15, -0.1) is 4.36 Å². The third-order valence-electron chi connectivity index (χ3n) is 5.44. The quantitative estimate of drug-likeness (QED) is 0.822. The van der Waals surface area contributed by atoms with Crippen LogP contribution in [-0.2, 0) is 42.1 Å². The molecule has 3 aliphatic rings. The first-order valence-electron chi connectivity index (χ1n) is 9.01. The lowest BCUT2D eigenvalue weighted by atomic mass is 9.76. The van der Waals surface area contributed by atoms with Crippen LogP contribution in [0.3, 0.4) is 0 Å². The molecular weight excluding hydrogens is 366 g/mol. The van der Waals surface area contributed by atoms with Crippen LogP contribution in [0, 0.1) is 0 Å². The molecule has 3 N–H and O–H groups in total. The van der Waals surface area contributed by atoms with Crippen molar-refractivity contribution in [2.75, 3.05) is 5.32 Å². The van der Waals surface area contributed by atoms with E-state index in [4.69, 9.17) is 9.88 Å². The summed E-state index contributed by atoms with van der Waals surface area (Å²) in [7, 11) is -3.47. The number of nitrogens with one attached hydrogen (secondary N) is 1. The molecule has 0 bridgehead atoms. The highest BCUT2D eigenvalue weighted by atomic mass is 32.2. The second-order valence-electron chi connectivity index (χ2n) is 7.95. The van der Waals surface area contributed by atoms with Crippen LogP contribution in [0.4, 0.5) is 10.5 Å². The normalized spacial score (nSPS) is 20.1. The van der Waals surface area contributed by atoms with E-state index in [2.05, 4.69) is 20.8 Å². The molecule has 8 nitrogen and oxygen atoms in total. The number of rotatable bonds is 2. The zero-order valence-electron chi connectivity index (χ0n) is 15.2. The number of aromatic nitrogens is 2. The Kier molecular flexibility index (Phi) is 3.31. The Hall–Kier alpha value is -2.39. The number of hydrogen-bond donors (Lipinski definition) is 2. The number of nitrogens with zero attached hydrogens (tertiary/aromatic N) is 3. The number of nitrogens with two attached hydrogens (primary N) is 1. The number of urea groups is 1. The van der Waals surface area contributed by atoms with Crippen molar-refractivity contribution in [3.8, 4) is 5.88 Å². The smallest absolute Gasteiger partial charge is 0.354 e. The van der Waals surface area contributed by atoms with Crippen molar-refractivity contribution in [1.82, 2.24) is 9.78 Å². The van der Waals surface area contributed by atoms with Crippen LogP contribution in [0.15, 0.2) is 21.5 Å². The first kappa shape index (κ1) is 16.8.